The summed E-state index contributed by atoms with van der Waals surface area (Å²) in [5.74, 6) is 1.25. The topological polar surface area (TPSA) is 0 Å². The molecule has 0 aromatic rings. The molecule has 0 aliphatic carbocycles. The molecule has 0 fully saturated rings. The Bertz CT molecular complexity index is 87.1. The fourth-order valence-electron chi connectivity index (χ4n) is 0.307. The Hall–Kier alpha value is -0.0500. The molecule has 0 bridgehead atoms. The zero-order valence-electron chi connectivity index (χ0n) is 5.07. The van der Waals surface area contributed by atoms with Crippen molar-refractivity contribution >= 4 is 11.8 Å². The first kappa shape index (κ1) is 8.95. The van der Waals surface area contributed by atoms with Crippen molar-refractivity contribution in [2.45, 2.75) is 6.42 Å². The SMILES string of the molecule is [CH2]CCSCC=C(F)F. The van der Waals surface area contributed by atoms with Gasteiger partial charge in [0.15, 0.2) is 0 Å². The highest BCUT2D eigenvalue weighted by Gasteiger charge is 1.86. The fourth-order valence-corrected chi connectivity index (χ4v) is 0.922. The van der Waals surface area contributed by atoms with Crippen LogP contribution in [0.2, 0.25) is 0 Å². The van der Waals surface area contributed by atoms with E-state index >= 15 is 0 Å². The smallest absolute Gasteiger partial charge is 0.174 e. The first-order valence-corrected chi connectivity index (χ1v) is 3.81. The summed E-state index contributed by atoms with van der Waals surface area (Å²) in [6, 6.07) is 0. The maximum absolute atomic E-state index is 11.3. The molecule has 9 heavy (non-hydrogen) atoms. The summed E-state index contributed by atoms with van der Waals surface area (Å²) < 4.78 is 22.6. The van der Waals surface area contributed by atoms with E-state index in [1.165, 1.54) is 11.8 Å². The van der Waals surface area contributed by atoms with Crippen molar-refractivity contribution in [2.24, 2.45) is 0 Å². The molecular weight excluding hydrogens is 142 g/mol. The lowest BCUT2D eigenvalue weighted by atomic mass is 10.6. The van der Waals surface area contributed by atoms with Gasteiger partial charge in [-0.3, -0.25) is 0 Å². The molecule has 0 saturated heterocycles. The molecule has 0 aliphatic rings. The van der Waals surface area contributed by atoms with Crippen LogP contribution in [0, 0.1) is 6.92 Å². The maximum atomic E-state index is 11.3. The van der Waals surface area contributed by atoms with E-state index in [0.29, 0.717) is 5.75 Å². The summed E-state index contributed by atoms with van der Waals surface area (Å²) in [6.45, 7) is 3.57. The third kappa shape index (κ3) is 7.95. The summed E-state index contributed by atoms with van der Waals surface area (Å²) in [7, 11) is 0. The van der Waals surface area contributed by atoms with Crippen LogP contribution in [0.4, 0.5) is 8.78 Å². The standard InChI is InChI=1S/C6H9F2S/c1-2-4-9-5-3-6(7)8/h3H,1-2,4-5H2. The summed E-state index contributed by atoms with van der Waals surface area (Å²) in [5.41, 5.74) is 0. The Kier molecular flexibility index (Phi) is 6.04. The molecule has 53 valence electrons. The molecule has 0 spiro atoms. The maximum Gasteiger partial charge on any atom is 0.267 e. The molecule has 1 radical (unpaired) electrons. The Labute approximate surface area is 58.3 Å². The third-order valence-electron chi connectivity index (χ3n) is 0.644. The van der Waals surface area contributed by atoms with E-state index in [1.807, 2.05) is 0 Å². The Morgan fingerprint density at radius 2 is 2.22 bits per heavy atom. The largest absolute Gasteiger partial charge is 0.267 e. The van der Waals surface area contributed by atoms with Crippen molar-refractivity contribution in [1.29, 1.82) is 0 Å². The Morgan fingerprint density at radius 3 is 2.67 bits per heavy atom. The third-order valence-corrected chi connectivity index (χ3v) is 1.62. The molecule has 0 aliphatic heterocycles. The van der Waals surface area contributed by atoms with Gasteiger partial charge in [-0.1, -0.05) is 6.92 Å². The first-order chi connectivity index (χ1) is 4.27. The Balaban J connectivity index is 3.00. The number of hydrogen-bond donors (Lipinski definition) is 0. The van der Waals surface area contributed by atoms with Crippen LogP contribution in [-0.4, -0.2) is 11.5 Å². The van der Waals surface area contributed by atoms with Crippen LogP contribution in [0.3, 0.4) is 0 Å². The molecule has 3 heteroatoms. The number of thioether (sulfide) groups is 1. The van der Waals surface area contributed by atoms with Crippen LogP contribution in [0.1, 0.15) is 6.42 Å². The Morgan fingerprint density at radius 1 is 1.56 bits per heavy atom. The second kappa shape index (κ2) is 6.08. The van der Waals surface area contributed by atoms with Crippen LogP contribution in [0.5, 0.6) is 0 Å². The van der Waals surface area contributed by atoms with Crippen molar-refractivity contribution in [2.75, 3.05) is 11.5 Å². The van der Waals surface area contributed by atoms with Gasteiger partial charge in [0, 0.05) is 5.75 Å². The normalized spacial score (nSPS) is 9.22. The minimum Gasteiger partial charge on any atom is -0.174 e. The molecule has 0 unspecified atom stereocenters. The van der Waals surface area contributed by atoms with Gasteiger partial charge in [0.25, 0.3) is 6.08 Å². The van der Waals surface area contributed by atoms with Gasteiger partial charge in [-0.2, -0.15) is 20.5 Å². The van der Waals surface area contributed by atoms with E-state index in [0.717, 1.165) is 18.2 Å². The van der Waals surface area contributed by atoms with Gasteiger partial charge in [0.2, 0.25) is 0 Å². The molecule has 0 amide bonds. The van der Waals surface area contributed by atoms with Crippen molar-refractivity contribution in [3.8, 4) is 0 Å². The second-order valence-electron chi connectivity index (χ2n) is 1.42. The van der Waals surface area contributed by atoms with Crippen LogP contribution in [-0.2, 0) is 0 Å². The molecule has 0 N–H and O–H groups in total. The molecule has 0 rings (SSSR count). The molecule has 0 atom stereocenters. The van der Waals surface area contributed by atoms with E-state index in [-0.39, 0.29) is 0 Å². The molecule has 0 aromatic heterocycles. The minimum absolute atomic E-state index is 0.401. The lowest BCUT2D eigenvalue weighted by Crippen LogP contribution is -1.76. The van der Waals surface area contributed by atoms with Crippen molar-refractivity contribution in [1.82, 2.24) is 0 Å². The van der Waals surface area contributed by atoms with Gasteiger partial charge in [0.1, 0.15) is 0 Å². The van der Waals surface area contributed by atoms with Gasteiger partial charge in [-0.25, -0.2) is 0 Å². The molecular formula is C6H9F2S. The van der Waals surface area contributed by atoms with Crippen LogP contribution in [0.15, 0.2) is 12.2 Å². The molecule has 0 nitrogen and oxygen atoms in total. The number of rotatable bonds is 4. The minimum atomic E-state index is -1.59. The lowest BCUT2D eigenvalue weighted by molar-refractivity contribution is 0.420. The van der Waals surface area contributed by atoms with E-state index < -0.39 is 6.08 Å². The van der Waals surface area contributed by atoms with Crippen LogP contribution in [0.25, 0.3) is 0 Å². The van der Waals surface area contributed by atoms with Crippen LogP contribution < -0.4 is 0 Å². The highest BCUT2D eigenvalue weighted by Crippen LogP contribution is 2.05. The fraction of sp³-hybridized carbons (Fsp3) is 0.500. The number of hydrogen-bond acceptors (Lipinski definition) is 1. The van der Waals surface area contributed by atoms with Crippen molar-refractivity contribution in [3.63, 3.8) is 0 Å². The van der Waals surface area contributed by atoms with Gasteiger partial charge in [-0.15, -0.1) is 0 Å². The zero-order valence-corrected chi connectivity index (χ0v) is 5.89. The van der Waals surface area contributed by atoms with Gasteiger partial charge in [-0.05, 0) is 18.2 Å². The van der Waals surface area contributed by atoms with E-state index in [4.69, 9.17) is 0 Å². The monoisotopic (exact) mass is 151 g/mol. The summed E-state index contributed by atoms with van der Waals surface area (Å²) in [4.78, 5) is 0. The van der Waals surface area contributed by atoms with Gasteiger partial charge >= 0.3 is 0 Å². The van der Waals surface area contributed by atoms with E-state index in [2.05, 4.69) is 6.92 Å². The quantitative estimate of drug-likeness (QED) is 0.557. The molecule has 0 heterocycles. The van der Waals surface area contributed by atoms with Gasteiger partial charge < -0.3 is 0 Å². The zero-order chi connectivity index (χ0) is 7.11. The average molecular weight is 151 g/mol. The highest BCUT2D eigenvalue weighted by atomic mass is 32.2. The summed E-state index contributed by atoms with van der Waals surface area (Å²) in [6.07, 6.45) is 0.124. The van der Waals surface area contributed by atoms with E-state index in [1.54, 1.807) is 0 Å². The molecule has 0 saturated carbocycles. The average Bonchev–Trinajstić information content (AvgIpc) is 1.80. The van der Waals surface area contributed by atoms with Gasteiger partial charge in [0.05, 0.1) is 0 Å². The summed E-state index contributed by atoms with van der Waals surface area (Å²) in [5, 5.41) is 0. The first-order valence-electron chi connectivity index (χ1n) is 2.65. The lowest BCUT2D eigenvalue weighted by Gasteiger charge is -1.89. The number of halogens is 2. The molecule has 0 aromatic carbocycles. The van der Waals surface area contributed by atoms with Crippen LogP contribution >= 0.6 is 11.8 Å². The second-order valence-corrected chi connectivity index (χ2v) is 2.57. The summed E-state index contributed by atoms with van der Waals surface area (Å²) >= 11 is 1.46. The predicted octanol–water partition coefficient (Wildman–Crippen LogP) is 2.72. The predicted molar refractivity (Wildman–Crippen MR) is 37.6 cm³/mol. The van der Waals surface area contributed by atoms with E-state index in [9.17, 15) is 8.78 Å². The van der Waals surface area contributed by atoms with Crippen molar-refractivity contribution < 1.29 is 8.78 Å². The van der Waals surface area contributed by atoms with Crippen molar-refractivity contribution in [3.05, 3.63) is 19.1 Å². The highest BCUT2D eigenvalue weighted by molar-refractivity contribution is 7.99.